The van der Waals surface area contributed by atoms with Crippen molar-refractivity contribution in [1.29, 1.82) is 0 Å². The lowest BCUT2D eigenvalue weighted by Gasteiger charge is -2.34. The van der Waals surface area contributed by atoms with E-state index in [2.05, 4.69) is 15.0 Å². The summed E-state index contributed by atoms with van der Waals surface area (Å²) in [4.78, 5) is 27.6. The van der Waals surface area contributed by atoms with Crippen LogP contribution in [0.15, 0.2) is 29.4 Å². The zero-order valence-electron chi connectivity index (χ0n) is 16.4. The van der Waals surface area contributed by atoms with Crippen LogP contribution in [0.2, 0.25) is 5.28 Å². The summed E-state index contributed by atoms with van der Waals surface area (Å²) < 4.78 is 31.0. The first-order valence-corrected chi connectivity index (χ1v) is 11.0. The molecule has 1 aliphatic heterocycles. The third-order valence-corrected chi connectivity index (χ3v) is 6.17. The van der Waals surface area contributed by atoms with E-state index in [-0.39, 0.29) is 33.7 Å². The maximum absolute atomic E-state index is 12.8. The first-order valence-electron chi connectivity index (χ1n) is 8.95. The first kappa shape index (κ1) is 21.4. The molecule has 0 aliphatic carbocycles. The Hall–Kier alpha value is -2.30. The van der Waals surface area contributed by atoms with E-state index < -0.39 is 9.84 Å². The molecule has 0 N–H and O–H groups in total. The average Bonchev–Trinajstić information content (AvgIpc) is 2.67. The van der Waals surface area contributed by atoms with Gasteiger partial charge in [-0.05, 0) is 30.7 Å². The maximum atomic E-state index is 12.8. The van der Waals surface area contributed by atoms with Gasteiger partial charge in [-0.2, -0.15) is 0 Å². The molecule has 1 atom stereocenters. The molecule has 1 aliphatic rings. The van der Waals surface area contributed by atoms with Gasteiger partial charge in [0.15, 0.2) is 5.03 Å². The predicted molar refractivity (Wildman–Crippen MR) is 108 cm³/mol. The van der Waals surface area contributed by atoms with Gasteiger partial charge in [-0.25, -0.2) is 23.4 Å². The Morgan fingerprint density at radius 3 is 2.72 bits per heavy atom. The molecule has 11 heteroatoms. The van der Waals surface area contributed by atoms with E-state index in [4.69, 9.17) is 16.3 Å². The number of carbonyl (C=O) groups is 1. The number of pyridine rings is 1. The quantitative estimate of drug-likeness (QED) is 0.644. The summed E-state index contributed by atoms with van der Waals surface area (Å²) in [6, 6.07) is 4.47. The van der Waals surface area contributed by atoms with Gasteiger partial charge in [-0.3, -0.25) is 4.79 Å². The van der Waals surface area contributed by atoms with Crippen LogP contribution in [0.5, 0.6) is 0 Å². The molecule has 2 aromatic heterocycles. The van der Waals surface area contributed by atoms with Crippen molar-refractivity contribution in [3.05, 3.63) is 40.9 Å². The molecule has 0 spiro atoms. The van der Waals surface area contributed by atoms with Crippen molar-refractivity contribution in [2.24, 2.45) is 0 Å². The van der Waals surface area contributed by atoms with Crippen molar-refractivity contribution < 1.29 is 17.9 Å². The Morgan fingerprint density at radius 2 is 2.10 bits per heavy atom. The second kappa shape index (κ2) is 8.60. The molecule has 1 saturated heterocycles. The summed E-state index contributed by atoms with van der Waals surface area (Å²) in [5.41, 5.74) is 0.580. The normalized spacial score (nSPS) is 17.2. The molecular formula is C18H22ClN5O4S. The van der Waals surface area contributed by atoms with E-state index in [1.807, 2.05) is 11.8 Å². The number of carbonyl (C=O) groups excluding carboxylic acids is 1. The fourth-order valence-corrected chi connectivity index (χ4v) is 4.33. The molecule has 0 saturated carbocycles. The van der Waals surface area contributed by atoms with E-state index in [1.165, 1.54) is 23.2 Å². The topological polar surface area (TPSA) is 106 Å². The molecule has 9 nitrogen and oxygen atoms in total. The minimum Gasteiger partial charge on any atom is -0.377 e. The fraction of sp³-hybridized carbons (Fsp3) is 0.444. The largest absolute Gasteiger partial charge is 0.377 e. The molecule has 156 valence electrons. The van der Waals surface area contributed by atoms with Gasteiger partial charge in [0.25, 0.3) is 5.91 Å². The third kappa shape index (κ3) is 5.01. The molecule has 29 heavy (non-hydrogen) atoms. The number of nitrogens with zero attached hydrogens (tertiary/aromatic N) is 5. The number of anilines is 1. The third-order valence-electron chi connectivity index (χ3n) is 4.45. The zero-order chi connectivity index (χ0) is 21.2. The molecule has 2 aromatic rings. The summed E-state index contributed by atoms with van der Waals surface area (Å²) in [5, 5.41) is -0.157. The SMILES string of the molecule is C[C@H]1COCCN1c1cc(CS(=O)(=O)c2ccc(C(=O)N(C)C)cn2)nc(Cl)n1. The molecule has 1 amide bonds. The number of hydrogen-bond donors (Lipinski definition) is 0. The van der Waals surface area contributed by atoms with Gasteiger partial charge in [-0.15, -0.1) is 0 Å². The highest BCUT2D eigenvalue weighted by atomic mass is 35.5. The van der Waals surface area contributed by atoms with Gasteiger partial charge in [-0.1, -0.05) is 0 Å². The Morgan fingerprint density at radius 1 is 1.34 bits per heavy atom. The number of sulfone groups is 1. The summed E-state index contributed by atoms with van der Waals surface area (Å²) in [6.07, 6.45) is 1.25. The van der Waals surface area contributed by atoms with Crippen molar-refractivity contribution in [1.82, 2.24) is 19.9 Å². The average molecular weight is 440 g/mol. The number of ether oxygens (including phenoxy) is 1. The van der Waals surface area contributed by atoms with Crippen LogP contribution in [0.4, 0.5) is 5.82 Å². The van der Waals surface area contributed by atoms with E-state index >= 15 is 0 Å². The lowest BCUT2D eigenvalue weighted by atomic mass is 10.2. The summed E-state index contributed by atoms with van der Waals surface area (Å²) in [5.74, 6) is -0.0752. The molecule has 3 heterocycles. The fourth-order valence-electron chi connectivity index (χ4n) is 2.96. The smallest absolute Gasteiger partial charge is 0.254 e. The standard InChI is InChI=1S/C18H22ClN5O4S/c1-12-10-28-7-6-24(12)15-8-14(21-18(19)22-15)11-29(26,27)16-5-4-13(9-20-16)17(25)23(2)3/h4-5,8-9,12H,6-7,10-11H2,1-3H3/t12-/m0/s1. The minimum absolute atomic E-state index is 0.0220. The van der Waals surface area contributed by atoms with Crippen LogP contribution in [0.1, 0.15) is 23.0 Å². The summed E-state index contributed by atoms with van der Waals surface area (Å²) in [7, 11) is -0.562. The Bertz CT molecular complexity index is 998. The van der Waals surface area contributed by atoms with Gasteiger partial charge < -0.3 is 14.5 Å². The highest BCUT2D eigenvalue weighted by Crippen LogP contribution is 2.22. The Labute approximate surface area is 174 Å². The maximum Gasteiger partial charge on any atom is 0.254 e. The van der Waals surface area contributed by atoms with Crippen LogP contribution in [0.25, 0.3) is 0 Å². The second-order valence-corrected chi connectivity index (χ2v) is 9.22. The zero-order valence-corrected chi connectivity index (χ0v) is 17.9. The van der Waals surface area contributed by atoms with Crippen LogP contribution >= 0.6 is 11.6 Å². The van der Waals surface area contributed by atoms with Crippen molar-refractivity contribution in [2.75, 3.05) is 38.8 Å². The number of halogens is 1. The van der Waals surface area contributed by atoms with Crippen LogP contribution in [-0.2, 0) is 20.3 Å². The number of aromatic nitrogens is 3. The van der Waals surface area contributed by atoms with Crippen molar-refractivity contribution in [3.8, 4) is 0 Å². The minimum atomic E-state index is -3.78. The van der Waals surface area contributed by atoms with E-state index in [0.717, 1.165) is 0 Å². The summed E-state index contributed by atoms with van der Waals surface area (Å²) in [6.45, 7) is 3.73. The van der Waals surface area contributed by atoms with Gasteiger partial charge in [0.2, 0.25) is 15.1 Å². The van der Waals surface area contributed by atoms with E-state index in [9.17, 15) is 13.2 Å². The van der Waals surface area contributed by atoms with Gasteiger partial charge >= 0.3 is 0 Å². The highest BCUT2D eigenvalue weighted by Gasteiger charge is 2.24. The monoisotopic (exact) mass is 439 g/mol. The Balaban J connectivity index is 1.84. The number of amides is 1. The molecule has 3 rings (SSSR count). The molecule has 0 bridgehead atoms. The van der Waals surface area contributed by atoms with Crippen LogP contribution in [0, 0.1) is 0 Å². The van der Waals surface area contributed by atoms with Crippen LogP contribution < -0.4 is 4.90 Å². The first-order chi connectivity index (χ1) is 13.7. The van der Waals surface area contributed by atoms with E-state index in [1.54, 1.807) is 20.2 Å². The van der Waals surface area contributed by atoms with Gasteiger partial charge in [0.05, 0.1) is 36.3 Å². The number of hydrogen-bond acceptors (Lipinski definition) is 8. The number of morpholine rings is 1. The van der Waals surface area contributed by atoms with Crippen molar-refractivity contribution in [3.63, 3.8) is 0 Å². The van der Waals surface area contributed by atoms with Gasteiger partial charge in [0.1, 0.15) is 5.82 Å². The summed E-state index contributed by atoms with van der Waals surface area (Å²) >= 11 is 6.04. The van der Waals surface area contributed by atoms with Crippen molar-refractivity contribution in [2.45, 2.75) is 23.7 Å². The van der Waals surface area contributed by atoms with Crippen LogP contribution in [-0.4, -0.2) is 74.1 Å². The molecule has 0 unspecified atom stereocenters. The molecular weight excluding hydrogens is 418 g/mol. The molecule has 1 fully saturated rings. The lowest BCUT2D eigenvalue weighted by Crippen LogP contribution is -2.44. The van der Waals surface area contributed by atoms with E-state index in [0.29, 0.717) is 31.1 Å². The van der Waals surface area contributed by atoms with Gasteiger partial charge in [0, 0.05) is 32.9 Å². The number of rotatable bonds is 5. The van der Waals surface area contributed by atoms with Crippen LogP contribution in [0.3, 0.4) is 0 Å². The van der Waals surface area contributed by atoms with Crippen molar-refractivity contribution >= 4 is 33.2 Å². The highest BCUT2D eigenvalue weighted by molar-refractivity contribution is 7.90. The second-order valence-electron chi connectivity index (χ2n) is 6.95. The molecule has 0 aromatic carbocycles. The Kier molecular flexibility index (Phi) is 6.35. The molecule has 0 radical (unpaired) electrons. The predicted octanol–water partition coefficient (Wildman–Crippen LogP) is 1.43. The lowest BCUT2D eigenvalue weighted by molar-refractivity contribution is 0.0827.